The van der Waals surface area contributed by atoms with Crippen molar-refractivity contribution in [3.8, 4) is 51.0 Å². The molecule has 0 saturated carbocycles. The van der Waals surface area contributed by atoms with Gasteiger partial charge in [0.05, 0.1) is 39.5 Å². The van der Waals surface area contributed by atoms with Gasteiger partial charge in [0.1, 0.15) is 29.8 Å². The number of anilines is 4. The Hall–Kier alpha value is -7.18. The molecule has 0 atom stereocenters. The summed E-state index contributed by atoms with van der Waals surface area (Å²) in [5.41, 5.74) is 12.6. The highest BCUT2D eigenvalue weighted by atomic mass is 16.5. The van der Waals surface area contributed by atoms with Crippen molar-refractivity contribution in [1.82, 2.24) is 14.5 Å². The van der Waals surface area contributed by atoms with Crippen LogP contribution in [0.2, 0.25) is 0 Å². The van der Waals surface area contributed by atoms with Crippen LogP contribution in [-0.4, -0.2) is 21.2 Å². The number of fused-ring (bicyclic) bond motifs is 20. The predicted molar refractivity (Wildman–Crippen MR) is 233 cm³/mol. The van der Waals surface area contributed by atoms with Gasteiger partial charge >= 0.3 is 0 Å². The molecule has 2 aliphatic heterocycles. The molecule has 6 heteroatoms. The molecule has 2 aliphatic rings. The first-order valence-corrected chi connectivity index (χ1v) is 19.5. The van der Waals surface area contributed by atoms with Gasteiger partial charge in [-0.05, 0) is 65.1 Å². The van der Waals surface area contributed by atoms with Crippen LogP contribution in [0.4, 0.5) is 22.9 Å². The van der Waals surface area contributed by atoms with E-state index in [0.29, 0.717) is 12.4 Å². The predicted octanol–water partition coefficient (Wildman–Crippen LogP) is 13.2. The summed E-state index contributed by atoms with van der Waals surface area (Å²) in [5.74, 6) is 3.12. The number of nitrogens with zero attached hydrogens (tertiary/aromatic N) is 5. The van der Waals surface area contributed by atoms with Gasteiger partial charge in [-0.2, -0.15) is 0 Å². The third-order valence-electron chi connectivity index (χ3n) is 11.4. The lowest BCUT2D eigenvalue weighted by Crippen LogP contribution is -2.25. The summed E-state index contributed by atoms with van der Waals surface area (Å²) in [6.45, 7) is 7.39. The number of ether oxygens (including phenoxy) is 1. The molecule has 0 fully saturated rings. The molecule has 0 aliphatic carbocycles. The summed E-state index contributed by atoms with van der Waals surface area (Å²) in [4.78, 5) is 15.6. The van der Waals surface area contributed by atoms with Crippen LogP contribution >= 0.6 is 0 Å². The van der Waals surface area contributed by atoms with E-state index in [9.17, 15) is 0 Å². The summed E-state index contributed by atoms with van der Waals surface area (Å²) < 4.78 is 9.20. The van der Waals surface area contributed by atoms with Gasteiger partial charge in [0.2, 0.25) is 0 Å². The largest absolute Gasteiger partial charge is 0.457 e. The molecule has 6 nitrogen and oxygen atoms in total. The Morgan fingerprint density at radius 3 is 1.93 bits per heavy atom. The summed E-state index contributed by atoms with van der Waals surface area (Å²) >= 11 is 0. The fraction of sp³-hybridized carbons (Fsp3) is 0.0980. The highest BCUT2D eigenvalue weighted by Gasteiger charge is 2.31. The number of rotatable bonds is 1. The minimum Gasteiger partial charge on any atom is -0.457 e. The van der Waals surface area contributed by atoms with Gasteiger partial charge < -0.3 is 14.5 Å². The smallest absolute Gasteiger partial charge is 0.138 e. The minimum atomic E-state index is -0.137. The Kier molecular flexibility index (Phi) is 7.38. The van der Waals surface area contributed by atoms with Gasteiger partial charge in [0.15, 0.2) is 0 Å². The SMILES string of the molecule is CC(C)(C)c1cc2nc(c1)-n1c3ccccc3c3ccc(cc31)Oc1cc(-c3ccccc3)nc(c1)N1CN(c3ccccc3-c3ccccc3-2)c2ccccc21. The molecule has 9 aromatic rings. The van der Waals surface area contributed by atoms with Gasteiger partial charge in [0.25, 0.3) is 0 Å². The lowest BCUT2D eigenvalue weighted by atomic mass is 9.86. The van der Waals surface area contributed by atoms with Crippen molar-refractivity contribution >= 4 is 44.7 Å². The lowest BCUT2D eigenvalue weighted by Gasteiger charge is -2.26. The normalized spacial score (nSPS) is 13.2. The second-order valence-electron chi connectivity index (χ2n) is 15.9. The van der Waals surface area contributed by atoms with Crippen LogP contribution in [0.25, 0.3) is 61.3 Å². The molecule has 0 saturated heterocycles. The highest BCUT2D eigenvalue weighted by Crippen LogP contribution is 2.49. The van der Waals surface area contributed by atoms with Gasteiger partial charge in [-0.3, -0.25) is 4.57 Å². The Morgan fingerprint density at radius 2 is 1.12 bits per heavy atom. The maximum Gasteiger partial charge on any atom is 0.138 e. The van der Waals surface area contributed by atoms with E-state index < -0.39 is 0 Å². The number of benzene rings is 6. The first-order valence-electron chi connectivity index (χ1n) is 19.5. The van der Waals surface area contributed by atoms with Crippen LogP contribution in [0.5, 0.6) is 11.5 Å². The first-order chi connectivity index (χ1) is 27.9. The van der Waals surface area contributed by atoms with Crippen LogP contribution in [0.15, 0.2) is 170 Å². The highest BCUT2D eigenvalue weighted by molar-refractivity contribution is 6.09. The Bertz CT molecular complexity index is 3030. The first kappa shape index (κ1) is 33.2. The van der Waals surface area contributed by atoms with E-state index in [1.807, 2.05) is 12.1 Å². The molecule has 6 aromatic carbocycles. The molecular weight excluding hydrogens is 699 g/mol. The zero-order valence-corrected chi connectivity index (χ0v) is 32.0. The van der Waals surface area contributed by atoms with Crippen LogP contribution < -0.4 is 14.5 Å². The number of hydrogen-bond acceptors (Lipinski definition) is 5. The third-order valence-corrected chi connectivity index (χ3v) is 11.4. The van der Waals surface area contributed by atoms with E-state index in [0.717, 1.165) is 89.9 Å². The van der Waals surface area contributed by atoms with Gasteiger partial charge in [-0.15, -0.1) is 0 Å². The molecule has 0 radical (unpaired) electrons. The zero-order chi connectivity index (χ0) is 38.3. The second-order valence-corrected chi connectivity index (χ2v) is 15.9. The molecular formula is C51H39N5O. The second kappa shape index (κ2) is 12.7. The molecule has 3 aromatic heterocycles. The lowest BCUT2D eigenvalue weighted by molar-refractivity contribution is 0.483. The average Bonchev–Trinajstić information content (AvgIpc) is 3.79. The number of pyridine rings is 2. The van der Waals surface area contributed by atoms with Crippen molar-refractivity contribution < 1.29 is 4.74 Å². The van der Waals surface area contributed by atoms with Crippen molar-refractivity contribution in [3.63, 3.8) is 0 Å². The molecule has 0 amide bonds. The van der Waals surface area contributed by atoms with Crippen molar-refractivity contribution in [2.75, 3.05) is 16.5 Å². The quantitative estimate of drug-likeness (QED) is 0.168. The molecule has 11 rings (SSSR count). The minimum absolute atomic E-state index is 0.137. The van der Waals surface area contributed by atoms with Crippen molar-refractivity contribution in [3.05, 3.63) is 175 Å². The molecule has 5 heterocycles. The van der Waals surface area contributed by atoms with Gasteiger partial charge in [-0.1, -0.05) is 124 Å². The standard InChI is InChI=1S/C51H39N5O/c1-51(2,3)34-27-43-38-18-8-7-17-37(38)39-19-9-11-21-44(39)54-32-55(47-24-14-13-23-46(47)54)49-31-36(29-42(52-49)33-15-5-4-6-16-33)57-35-25-26-41-40-20-10-12-22-45(40)56(48(41)30-35)50(28-34)53-43/h4-31H,32H2,1-3H3. The van der Waals surface area contributed by atoms with Crippen LogP contribution in [-0.2, 0) is 5.41 Å². The van der Waals surface area contributed by atoms with Crippen LogP contribution in [0.3, 0.4) is 0 Å². The maximum absolute atomic E-state index is 6.90. The third kappa shape index (κ3) is 5.47. The summed E-state index contributed by atoms with van der Waals surface area (Å²) in [6.07, 6.45) is 0. The van der Waals surface area contributed by atoms with E-state index in [4.69, 9.17) is 14.7 Å². The maximum atomic E-state index is 6.90. The van der Waals surface area contributed by atoms with Crippen molar-refractivity contribution in [2.24, 2.45) is 0 Å². The fourth-order valence-corrected chi connectivity index (χ4v) is 8.54. The molecule has 274 valence electrons. The van der Waals surface area contributed by atoms with E-state index in [-0.39, 0.29) is 5.41 Å². The molecule has 0 N–H and O–H groups in total. The summed E-state index contributed by atoms with van der Waals surface area (Å²) in [5, 5.41) is 2.30. The summed E-state index contributed by atoms with van der Waals surface area (Å²) in [6, 6.07) is 60.0. The Labute approximate surface area is 331 Å². The Balaban J connectivity index is 1.24. The van der Waals surface area contributed by atoms with E-state index >= 15 is 0 Å². The fourth-order valence-electron chi connectivity index (χ4n) is 8.54. The van der Waals surface area contributed by atoms with Gasteiger partial charge in [-0.25, -0.2) is 9.97 Å². The number of hydrogen-bond donors (Lipinski definition) is 0. The molecule has 8 bridgehead atoms. The number of para-hydroxylation sites is 4. The van der Waals surface area contributed by atoms with E-state index in [1.165, 1.54) is 5.56 Å². The van der Waals surface area contributed by atoms with E-state index in [1.54, 1.807) is 0 Å². The van der Waals surface area contributed by atoms with Crippen LogP contribution in [0.1, 0.15) is 26.3 Å². The molecule has 0 spiro atoms. The average molecular weight is 738 g/mol. The summed E-state index contributed by atoms with van der Waals surface area (Å²) in [7, 11) is 0. The van der Waals surface area contributed by atoms with Crippen LogP contribution in [0, 0.1) is 0 Å². The number of aromatic nitrogens is 3. The van der Waals surface area contributed by atoms with E-state index in [2.05, 4.69) is 193 Å². The molecule has 0 unspecified atom stereocenters. The van der Waals surface area contributed by atoms with Crippen molar-refractivity contribution in [2.45, 2.75) is 26.2 Å². The zero-order valence-electron chi connectivity index (χ0n) is 32.0. The van der Waals surface area contributed by atoms with Gasteiger partial charge in [0, 0.05) is 45.7 Å². The van der Waals surface area contributed by atoms with Crippen molar-refractivity contribution in [1.29, 1.82) is 0 Å². The topological polar surface area (TPSA) is 46.4 Å². The molecule has 57 heavy (non-hydrogen) atoms. The Morgan fingerprint density at radius 1 is 0.474 bits per heavy atom. The monoisotopic (exact) mass is 737 g/mol.